The van der Waals surface area contributed by atoms with Crippen LogP contribution in [0, 0.1) is 0 Å². The number of para-hydroxylation sites is 1. The van der Waals surface area contributed by atoms with Gasteiger partial charge < -0.3 is 20.1 Å². The summed E-state index contributed by atoms with van der Waals surface area (Å²) in [5.41, 5.74) is 1.03. The molecule has 0 bridgehead atoms. The number of fused-ring (bicyclic) bond motifs is 1. The Balaban J connectivity index is 2.48. The fourth-order valence-corrected chi connectivity index (χ4v) is 1.96. The standard InChI is InChI=1S/C13H16N2O3/c16-7-5-15(6-8-17)12-9-10-3-1-2-4-11(10)14-13(12)18/h1-4,9,16-17H,5-8H2,(H,14,18). The first-order valence-electron chi connectivity index (χ1n) is 5.85. The number of H-pyrrole nitrogens is 1. The topological polar surface area (TPSA) is 76.6 Å². The molecule has 5 nitrogen and oxygen atoms in total. The average molecular weight is 248 g/mol. The number of aromatic nitrogens is 1. The van der Waals surface area contributed by atoms with Crippen molar-refractivity contribution in [3.8, 4) is 0 Å². The summed E-state index contributed by atoms with van der Waals surface area (Å²) >= 11 is 0. The normalized spacial score (nSPS) is 10.8. The number of aliphatic hydroxyl groups excluding tert-OH is 2. The average Bonchev–Trinajstić information content (AvgIpc) is 2.38. The quantitative estimate of drug-likeness (QED) is 0.712. The Labute approximate surface area is 104 Å². The lowest BCUT2D eigenvalue weighted by atomic mass is 10.2. The molecule has 2 aromatic rings. The van der Waals surface area contributed by atoms with Gasteiger partial charge in [-0.05, 0) is 12.1 Å². The van der Waals surface area contributed by atoms with E-state index in [9.17, 15) is 4.79 Å². The van der Waals surface area contributed by atoms with Crippen LogP contribution in [0.3, 0.4) is 0 Å². The fraction of sp³-hybridized carbons (Fsp3) is 0.308. The van der Waals surface area contributed by atoms with E-state index in [1.807, 2.05) is 24.3 Å². The number of aromatic amines is 1. The highest BCUT2D eigenvalue weighted by atomic mass is 16.3. The van der Waals surface area contributed by atoms with E-state index in [0.29, 0.717) is 18.8 Å². The van der Waals surface area contributed by atoms with Gasteiger partial charge in [-0.3, -0.25) is 4.79 Å². The van der Waals surface area contributed by atoms with E-state index in [-0.39, 0.29) is 18.8 Å². The minimum atomic E-state index is -0.212. The maximum absolute atomic E-state index is 12.0. The molecule has 0 spiro atoms. The van der Waals surface area contributed by atoms with E-state index in [4.69, 9.17) is 10.2 Å². The number of benzene rings is 1. The van der Waals surface area contributed by atoms with Gasteiger partial charge in [-0.1, -0.05) is 18.2 Å². The molecule has 1 heterocycles. The lowest BCUT2D eigenvalue weighted by molar-refractivity contribution is 0.281. The Morgan fingerprint density at radius 3 is 2.44 bits per heavy atom. The summed E-state index contributed by atoms with van der Waals surface area (Å²) in [6.07, 6.45) is 0. The first kappa shape index (κ1) is 12.6. The zero-order valence-corrected chi connectivity index (χ0v) is 9.97. The smallest absolute Gasteiger partial charge is 0.271 e. The highest BCUT2D eigenvalue weighted by Gasteiger charge is 2.10. The molecule has 0 aliphatic heterocycles. The van der Waals surface area contributed by atoms with Gasteiger partial charge in [0.2, 0.25) is 0 Å². The van der Waals surface area contributed by atoms with Crippen molar-refractivity contribution in [2.45, 2.75) is 0 Å². The summed E-state index contributed by atoms with van der Waals surface area (Å²) in [6.45, 7) is 0.516. The van der Waals surface area contributed by atoms with E-state index >= 15 is 0 Å². The summed E-state index contributed by atoms with van der Waals surface area (Å²) in [6, 6.07) is 9.28. The number of aliphatic hydroxyl groups is 2. The third-order valence-corrected chi connectivity index (χ3v) is 2.81. The molecule has 0 saturated carbocycles. The molecule has 96 valence electrons. The summed E-state index contributed by atoms with van der Waals surface area (Å²) in [4.78, 5) is 16.4. The summed E-state index contributed by atoms with van der Waals surface area (Å²) in [7, 11) is 0. The van der Waals surface area contributed by atoms with Crippen LogP contribution in [0.2, 0.25) is 0 Å². The molecule has 5 heteroatoms. The van der Waals surface area contributed by atoms with Crippen molar-refractivity contribution in [1.29, 1.82) is 0 Å². The second-order valence-electron chi connectivity index (χ2n) is 4.01. The molecule has 0 aliphatic rings. The molecule has 0 radical (unpaired) electrons. The van der Waals surface area contributed by atoms with E-state index in [1.165, 1.54) is 0 Å². The molecule has 0 atom stereocenters. The molecule has 0 fully saturated rings. The van der Waals surface area contributed by atoms with Gasteiger partial charge in [0, 0.05) is 24.0 Å². The zero-order valence-electron chi connectivity index (χ0n) is 9.97. The molecule has 18 heavy (non-hydrogen) atoms. The number of pyridine rings is 1. The molecule has 2 rings (SSSR count). The lowest BCUT2D eigenvalue weighted by Crippen LogP contribution is -2.34. The SMILES string of the molecule is O=c1[nH]c2ccccc2cc1N(CCO)CCO. The predicted octanol–water partition coefficient (Wildman–Crippen LogP) is 0.319. The number of nitrogens with zero attached hydrogens (tertiary/aromatic N) is 1. The summed E-state index contributed by atoms with van der Waals surface area (Å²) in [5.74, 6) is 0. The Kier molecular flexibility index (Phi) is 3.96. The Hall–Kier alpha value is -1.85. The monoisotopic (exact) mass is 248 g/mol. The number of hydrogen-bond donors (Lipinski definition) is 3. The minimum Gasteiger partial charge on any atom is -0.395 e. The van der Waals surface area contributed by atoms with Crippen molar-refractivity contribution < 1.29 is 10.2 Å². The van der Waals surface area contributed by atoms with Crippen LogP contribution in [-0.4, -0.2) is 41.5 Å². The minimum absolute atomic E-state index is 0.0632. The van der Waals surface area contributed by atoms with Gasteiger partial charge in [0.1, 0.15) is 5.69 Å². The highest BCUT2D eigenvalue weighted by molar-refractivity contribution is 5.81. The van der Waals surface area contributed by atoms with Crippen LogP contribution in [0.5, 0.6) is 0 Å². The van der Waals surface area contributed by atoms with E-state index in [0.717, 1.165) is 10.9 Å². The third-order valence-electron chi connectivity index (χ3n) is 2.81. The van der Waals surface area contributed by atoms with Crippen molar-refractivity contribution in [3.63, 3.8) is 0 Å². The number of anilines is 1. The van der Waals surface area contributed by atoms with E-state index in [1.54, 1.807) is 11.0 Å². The van der Waals surface area contributed by atoms with Crippen LogP contribution in [0.1, 0.15) is 0 Å². The van der Waals surface area contributed by atoms with Gasteiger partial charge in [-0.15, -0.1) is 0 Å². The first-order chi connectivity index (χ1) is 8.76. The number of nitrogens with one attached hydrogen (secondary N) is 1. The molecule has 3 N–H and O–H groups in total. The van der Waals surface area contributed by atoms with Gasteiger partial charge in [0.15, 0.2) is 0 Å². The van der Waals surface area contributed by atoms with Crippen molar-refractivity contribution in [2.75, 3.05) is 31.2 Å². The maximum atomic E-state index is 12.0. The van der Waals surface area contributed by atoms with Crippen molar-refractivity contribution >= 4 is 16.6 Å². The lowest BCUT2D eigenvalue weighted by Gasteiger charge is -2.22. The number of hydrogen-bond acceptors (Lipinski definition) is 4. The summed E-state index contributed by atoms with van der Waals surface area (Å²) < 4.78 is 0. The van der Waals surface area contributed by atoms with Crippen LogP contribution in [0.4, 0.5) is 5.69 Å². The van der Waals surface area contributed by atoms with Crippen LogP contribution in [0.25, 0.3) is 10.9 Å². The Bertz CT molecular complexity index is 574. The largest absolute Gasteiger partial charge is 0.395 e. The molecule has 0 saturated heterocycles. The van der Waals surface area contributed by atoms with Crippen LogP contribution >= 0.6 is 0 Å². The fourth-order valence-electron chi connectivity index (χ4n) is 1.96. The van der Waals surface area contributed by atoms with Gasteiger partial charge in [-0.2, -0.15) is 0 Å². The first-order valence-corrected chi connectivity index (χ1v) is 5.85. The van der Waals surface area contributed by atoms with Crippen molar-refractivity contribution in [2.24, 2.45) is 0 Å². The van der Waals surface area contributed by atoms with Crippen LogP contribution in [-0.2, 0) is 0 Å². The predicted molar refractivity (Wildman–Crippen MR) is 71.0 cm³/mol. The summed E-state index contributed by atoms with van der Waals surface area (Å²) in [5, 5.41) is 18.9. The molecule has 1 aromatic heterocycles. The van der Waals surface area contributed by atoms with Crippen molar-refractivity contribution in [3.05, 3.63) is 40.7 Å². The Morgan fingerprint density at radius 1 is 1.11 bits per heavy atom. The zero-order chi connectivity index (χ0) is 13.0. The highest BCUT2D eigenvalue weighted by Crippen LogP contribution is 2.15. The molecule has 1 aromatic carbocycles. The second-order valence-corrected chi connectivity index (χ2v) is 4.01. The molecular weight excluding hydrogens is 232 g/mol. The van der Waals surface area contributed by atoms with Gasteiger partial charge in [0.05, 0.1) is 13.2 Å². The molecular formula is C13H16N2O3. The van der Waals surface area contributed by atoms with E-state index in [2.05, 4.69) is 4.98 Å². The van der Waals surface area contributed by atoms with Crippen LogP contribution in [0.15, 0.2) is 35.1 Å². The van der Waals surface area contributed by atoms with E-state index < -0.39 is 0 Å². The molecule has 0 unspecified atom stereocenters. The molecule has 0 aliphatic carbocycles. The Morgan fingerprint density at radius 2 is 1.78 bits per heavy atom. The van der Waals surface area contributed by atoms with Gasteiger partial charge in [0.25, 0.3) is 5.56 Å². The maximum Gasteiger partial charge on any atom is 0.271 e. The van der Waals surface area contributed by atoms with Gasteiger partial charge in [-0.25, -0.2) is 0 Å². The second kappa shape index (κ2) is 5.66. The van der Waals surface area contributed by atoms with Gasteiger partial charge >= 0.3 is 0 Å². The van der Waals surface area contributed by atoms with Crippen molar-refractivity contribution in [1.82, 2.24) is 4.98 Å². The third kappa shape index (κ3) is 2.52. The number of rotatable bonds is 5. The molecule has 0 amide bonds. The van der Waals surface area contributed by atoms with Crippen LogP contribution < -0.4 is 10.5 Å².